The van der Waals surface area contributed by atoms with Crippen LogP contribution in [0, 0.1) is 5.92 Å². The summed E-state index contributed by atoms with van der Waals surface area (Å²) < 4.78 is 28.5. The van der Waals surface area contributed by atoms with Crippen LogP contribution in [-0.4, -0.2) is 39.8 Å². The molecule has 0 unspecified atom stereocenters. The number of carbonyl (C=O) groups excluding carboxylic acids is 1. The van der Waals surface area contributed by atoms with Crippen LogP contribution in [0.15, 0.2) is 48.3 Å². The van der Waals surface area contributed by atoms with Crippen LogP contribution in [0.1, 0.15) is 25.0 Å². The van der Waals surface area contributed by atoms with Gasteiger partial charge >= 0.3 is 0 Å². The highest BCUT2D eigenvalue weighted by Crippen LogP contribution is 2.53. The molecule has 28 heavy (non-hydrogen) atoms. The molecule has 1 aliphatic heterocycles. The van der Waals surface area contributed by atoms with E-state index >= 15 is 0 Å². The van der Waals surface area contributed by atoms with Crippen molar-refractivity contribution >= 4 is 5.78 Å². The van der Waals surface area contributed by atoms with Gasteiger partial charge in [0.25, 0.3) is 0 Å². The van der Waals surface area contributed by atoms with E-state index in [1.54, 1.807) is 34.5 Å². The van der Waals surface area contributed by atoms with Crippen LogP contribution in [0.4, 0.5) is 0 Å². The Hall–Kier alpha value is -2.73. The molecule has 0 N–H and O–H groups in total. The first-order valence-corrected chi connectivity index (χ1v) is 9.06. The summed E-state index contributed by atoms with van der Waals surface area (Å²) in [6, 6.07) is 3.72. The Morgan fingerprint density at radius 1 is 1.14 bits per heavy atom. The fourth-order valence-corrected chi connectivity index (χ4v) is 3.95. The van der Waals surface area contributed by atoms with Crippen molar-refractivity contribution in [1.29, 1.82) is 0 Å². The molecule has 3 rings (SSSR count). The zero-order valence-electron chi connectivity index (χ0n) is 16.9. The maximum Gasteiger partial charge on any atom is 0.203 e. The van der Waals surface area contributed by atoms with Crippen LogP contribution in [0.25, 0.3) is 0 Å². The molecule has 0 amide bonds. The monoisotopic (exact) mass is 386 g/mol. The number of allylic oxidation sites excluding steroid dienone is 3. The molecule has 1 saturated heterocycles. The van der Waals surface area contributed by atoms with Gasteiger partial charge < -0.3 is 23.7 Å². The quantitative estimate of drug-likeness (QED) is 0.665. The highest BCUT2D eigenvalue weighted by atomic mass is 16.6. The zero-order valence-corrected chi connectivity index (χ0v) is 16.9. The number of carbonyl (C=O) groups is 1. The molecule has 0 bridgehead atoms. The summed E-state index contributed by atoms with van der Waals surface area (Å²) in [7, 11) is 6.33. The first-order chi connectivity index (χ1) is 13.4. The van der Waals surface area contributed by atoms with Crippen molar-refractivity contribution in [3.05, 3.63) is 53.8 Å². The van der Waals surface area contributed by atoms with E-state index in [2.05, 4.69) is 6.58 Å². The molecule has 1 aromatic carbocycles. The van der Waals surface area contributed by atoms with Crippen LogP contribution in [0.2, 0.25) is 0 Å². The van der Waals surface area contributed by atoms with Gasteiger partial charge in [-0.05, 0) is 24.6 Å². The SMILES string of the molecule is C=CCC1=C[C@]2(OC)C(=CC1=O)O[C@H](c1cc(OC)c(OC)c(OC)c1)[C@H]2C. The van der Waals surface area contributed by atoms with E-state index < -0.39 is 5.60 Å². The zero-order chi connectivity index (χ0) is 20.5. The largest absolute Gasteiger partial charge is 0.493 e. The van der Waals surface area contributed by atoms with E-state index in [1.165, 1.54) is 6.08 Å². The van der Waals surface area contributed by atoms with Gasteiger partial charge in [-0.2, -0.15) is 0 Å². The third kappa shape index (κ3) is 2.98. The number of ether oxygens (including phenoxy) is 5. The van der Waals surface area contributed by atoms with Gasteiger partial charge in [-0.3, -0.25) is 4.79 Å². The Bertz CT molecular complexity index is 828. The van der Waals surface area contributed by atoms with Gasteiger partial charge in [0.15, 0.2) is 17.3 Å². The second kappa shape index (κ2) is 7.72. The standard InChI is InChI=1S/C22H26O6/c1-7-8-14-12-22(27-6)13(2)20(28-19(22)11-16(14)23)15-9-17(24-3)21(26-5)18(10-15)25-4/h7,9-13,20H,1,8H2,2-6H3/t13-,20+,22-/m1/s1. The van der Waals surface area contributed by atoms with E-state index in [0.717, 1.165) is 5.56 Å². The van der Waals surface area contributed by atoms with Gasteiger partial charge in [0.05, 0.1) is 21.3 Å². The topological polar surface area (TPSA) is 63.2 Å². The Morgan fingerprint density at radius 3 is 2.29 bits per heavy atom. The molecular formula is C22H26O6. The number of hydrogen-bond acceptors (Lipinski definition) is 6. The summed E-state index contributed by atoms with van der Waals surface area (Å²) >= 11 is 0. The maximum atomic E-state index is 12.4. The smallest absolute Gasteiger partial charge is 0.203 e. The van der Waals surface area contributed by atoms with Gasteiger partial charge in [-0.25, -0.2) is 0 Å². The van der Waals surface area contributed by atoms with E-state index in [1.807, 2.05) is 25.1 Å². The lowest BCUT2D eigenvalue weighted by atomic mass is 9.78. The van der Waals surface area contributed by atoms with E-state index in [0.29, 0.717) is 35.0 Å². The fraction of sp³-hybridized carbons (Fsp3) is 0.409. The van der Waals surface area contributed by atoms with Crippen LogP contribution in [0.3, 0.4) is 0 Å². The number of hydrogen-bond donors (Lipinski definition) is 0. The minimum atomic E-state index is -0.808. The summed E-state index contributed by atoms with van der Waals surface area (Å²) in [4.78, 5) is 12.4. The third-order valence-corrected chi connectivity index (χ3v) is 5.45. The second-order valence-electron chi connectivity index (χ2n) is 6.82. The van der Waals surface area contributed by atoms with E-state index in [9.17, 15) is 4.79 Å². The summed E-state index contributed by atoms with van der Waals surface area (Å²) in [6.07, 6.45) is 5.23. The Labute approximate surface area is 165 Å². The van der Waals surface area contributed by atoms with Crippen molar-refractivity contribution < 1.29 is 28.5 Å². The minimum absolute atomic E-state index is 0.0830. The maximum absolute atomic E-state index is 12.4. The molecule has 150 valence electrons. The number of ketones is 1. The molecule has 1 aromatic rings. The molecule has 1 fully saturated rings. The third-order valence-electron chi connectivity index (χ3n) is 5.45. The molecule has 0 radical (unpaired) electrons. The number of methoxy groups -OCH3 is 4. The first-order valence-electron chi connectivity index (χ1n) is 9.06. The van der Waals surface area contributed by atoms with Crippen LogP contribution in [0.5, 0.6) is 17.2 Å². The molecule has 0 saturated carbocycles. The predicted molar refractivity (Wildman–Crippen MR) is 105 cm³/mol. The second-order valence-corrected chi connectivity index (χ2v) is 6.82. The summed E-state index contributed by atoms with van der Waals surface area (Å²) in [6.45, 7) is 5.77. The molecular weight excluding hydrogens is 360 g/mol. The highest BCUT2D eigenvalue weighted by Gasteiger charge is 2.54. The number of rotatable bonds is 7. The Morgan fingerprint density at radius 2 is 1.79 bits per heavy atom. The average Bonchev–Trinajstić information content (AvgIpc) is 2.99. The van der Waals surface area contributed by atoms with Crippen molar-refractivity contribution in [1.82, 2.24) is 0 Å². The first kappa shape index (κ1) is 20.0. The van der Waals surface area contributed by atoms with Gasteiger partial charge in [0, 0.05) is 30.2 Å². The van der Waals surface area contributed by atoms with Crippen LogP contribution in [-0.2, 0) is 14.3 Å². The molecule has 0 aromatic heterocycles. The summed E-state index contributed by atoms with van der Waals surface area (Å²) in [5.74, 6) is 1.93. The number of benzene rings is 1. The van der Waals surface area contributed by atoms with Crippen LogP contribution >= 0.6 is 0 Å². The lowest BCUT2D eigenvalue weighted by Crippen LogP contribution is -2.38. The van der Waals surface area contributed by atoms with E-state index in [-0.39, 0.29) is 17.8 Å². The Balaban J connectivity index is 2.08. The fourth-order valence-electron chi connectivity index (χ4n) is 3.95. The lowest BCUT2D eigenvalue weighted by molar-refractivity contribution is -0.112. The van der Waals surface area contributed by atoms with Gasteiger partial charge in [0.1, 0.15) is 17.5 Å². The van der Waals surface area contributed by atoms with Gasteiger partial charge in [-0.1, -0.05) is 13.0 Å². The molecule has 1 aliphatic carbocycles. The van der Waals surface area contributed by atoms with Crippen molar-refractivity contribution in [3.63, 3.8) is 0 Å². The molecule has 1 heterocycles. The average molecular weight is 386 g/mol. The summed E-state index contributed by atoms with van der Waals surface area (Å²) in [5, 5.41) is 0. The molecule has 6 heteroatoms. The summed E-state index contributed by atoms with van der Waals surface area (Å²) in [5.41, 5.74) is 0.693. The van der Waals surface area contributed by atoms with Crippen molar-refractivity contribution in [3.8, 4) is 17.2 Å². The van der Waals surface area contributed by atoms with Crippen LogP contribution < -0.4 is 14.2 Å². The van der Waals surface area contributed by atoms with E-state index in [4.69, 9.17) is 23.7 Å². The normalized spacial score (nSPS) is 26.0. The Kier molecular flexibility index (Phi) is 5.52. The van der Waals surface area contributed by atoms with Crippen molar-refractivity contribution in [2.45, 2.75) is 25.0 Å². The van der Waals surface area contributed by atoms with Crippen molar-refractivity contribution in [2.75, 3.05) is 28.4 Å². The number of fused-ring (bicyclic) bond motifs is 1. The molecule has 6 nitrogen and oxygen atoms in total. The van der Waals surface area contributed by atoms with Crippen molar-refractivity contribution in [2.24, 2.45) is 5.92 Å². The van der Waals surface area contributed by atoms with Gasteiger partial charge in [0.2, 0.25) is 5.75 Å². The lowest BCUT2D eigenvalue weighted by Gasteiger charge is -2.31. The minimum Gasteiger partial charge on any atom is -0.493 e. The molecule has 3 atom stereocenters. The molecule has 2 aliphatic rings. The molecule has 0 spiro atoms. The van der Waals surface area contributed by atoms with Gasteiger partial charge in [-0.15, -0.1) is 6.58 Å². The predicted octanol–water partition coefficient (Wildman–Crippen LogP) is 3.77. The highest BCUT2D eigenvalue weighted by molar-refractivity contribution is 6.06.